The molecule has 2 rings (SSSR count). The molecule has 5 nitrogen and oxygen atoms in total. The highest BCUT2D eigenvalue weighted by Crippen LogP contribution is 2.39. The maximum absolute atomic E-state index is 11.7. The molecule has 1 aliphatic heterocycles. The van der Waals surface area contributed by atoms with E-state index in [1.165, 1.54) is 0 Å². The van der Waals surface area contributed by atoms with Crippen molar-refractivity contribution in [3.8, 4) is 6.07 Å². The van der Waals surface area contributed by atoms with E-state index < -0.39 is 8.32 Å². The second kappa shape index (κ2) is 8.13. The van der Waals surface area contributed by atoms with Crippen LogP contribution in [0, 0.1) is 18.3 Å². The molecule has 0 radical (unpaired) electrons. The quantitative estimate of drug-likeness (QED) is 0.410. The number of benzene rings is 1. The van der Waals surface area contributed by atoms with Crippen molar-refractivity contribution in [2.45, 2.75) is 64.4 Å². The van der Waals surface area contributed by atoms with Crippen LogP contribution in [0.5, 0.6) is 0 Å². The van der Waals surface area contributed by atoms with Crippen LogP contribution in [0.15, 0.2) is 17.2 Å². The van der Waals surface area contributed by atoms with Gasteiger partial charge in [-0.2, -0.15) is 10.4 Å². The highest BCUT2D eigenvalue weighted by Gasteiger charge is 2.43. The average Bonchev–Trinajstić information content (AvgIpc) is 2.96. The smallest absolute Gasteiger partial charge is 0.192 e. The molecule has 7 heteroatoms. The number of rotatable bonds is 5. The Hall–Kier alpha value is -1.68. The molecule has 1 aliphatic rings. The van der Waals surface area contributed by atoms with Crippen LogP contribution in [-0.2, 0) is 9.22 Å². The van der Waals surface area contributed by atoms with Gasteiger partial charge in [-0.15, -0.1) is 0 Å². The van der Waals surface area contributed by atoms with Crippen molar-refractivity contribution in [1.82, 2.24) is 5.01 Å². The maximum atomic E-state index is 11.7. The van der Waals surface area contributed by atoms with E-state index in [9.17, 15) is 4.79 Å². The molecule has 1 heterocycles. The summed E-state index contributed by atoms with van der Waals surface area (Å²) in [5, 5.41) is 15.9. The molecule has 1 fully saturated rings. The van der Waals surface area contributed by atoms with Gasteiger partial charge >= 0.3 is 0 Å². The first-order valence-corrected chi connectivity index (χ1v) is 12.4. The zero-order valence-electron chi connectivity index (χ0n) is 16.9. The lowest BCUT2D eigenvalue weighted by Crippen LogP contribution is -2.47. The molecule has 27 heavy (non-hydrogen) atoms. The Kier molecular flexibility index (Phi) is 6.51. The van der Waals surface area contributed by atoms with E-state index in [0.717, 1.165) is 23.8 Å². The first kappa shape index (κ1) is 21.6. The number of hydrogen-bond donors (Lipinski definition) is 0. The molecule has 1 aromatic carbocycles. The average molecular weight is 406 g/mol. The summed E-state index contributed by atoms with van der Waals surface area (Å²) in [4.78, 5) is 11.7. The van der Waals surface area contributed by atoms with Crippen molar-refractivity contribution >= 4 is 32.4 Å². The van der Waals surface area contributed by atoms with Gasteiger partial charge < -0.3 is 9.22 Å². The fraction of sp³-hybridized carbons (Fsp3) is 0.550. The molecule has 0 spiro atoms. The molecule has 0 aliphatic carbocycles. The van der Waals surface area contributed by atoms with Gasteiger partial charge in [0.2, 0.25) is 0 Å². The maximum Gasteiger partial charge on any atom is 0.192 e. The Morgan fingerprint density at radius 3 is 2.63 bits per heavy atom. The summed E-state index contributed by atoms with van der Waals surface area (Å²) in [6, 6.07) is 5.19. The Balaban J connectivity index is 2.17. The Bertz CT molecular complexity index is 781. The van der Waals surface area contributed by atoms with Crippen LogP contribution >= 0.6 is 11.6 Å². The van der Waals surface area contributed by atoms with E-state index >= 15 is 0 Å². The van der Waals surface area contributed by atoms with Gasteiger partial charge in [-0.1, -0.05) is 38.4 Å². The number of carbonyl (C=O) groups is 1. The zero-order chi connectivity index (χ0) is 20.4. The first-order valence-electron chi connectivity index (χ1n) is 9.15. The summed E-state index contributed by atoms with van der Waals surface area (Å²) >= 11 is 6.22. The van der Waals surface area contributed by atoms with Gasteiger partial charge in [0.15, 0.2) is 8.32 Å². The third-order valence-electron chi connectivity index (χ3n) is 5.65. The number of nitrogens with zero attached hydrogens (tertiary/aromatic N) is 3. The van der Waals surface area contributed by atoms with Crippen molar-refractivity contribution in [2.75, 3.05) is 6.54 Å². The van der Waals surface area contributed by atoms with E-state index in [-0.39, 0.29) is 17.2 Å². The molecule has 0 aromatic heterocycles. The van der Waals surface area contributed by atoms with Crippen molar-refractivity contribution in [1.29, 1.82) is 5.26 Å². The molecule has 1 saturated heterocycles. The molecule has 1 aromatic rings. The lowest BCUT2D eigenvalue weighted by Gasteiger charge is -2.39. The molecular weight excluding hydrogens is 378 g/mol. The topological polar surface area (TPSA) is 65.7 Å². The number of hydrazone groups is 1. The van der Waals surface area contributed by atoms with Gasteiger partial charge in [-0.05, 0) is 48.7 Å². The monoisotopic (exact) mass is 405 g/mol. The van der Waals surface area contributed by atoms with Crippen molar-refractivity contribution in [3.63, 3.8) is 0 Å². The summed E-state index contributed by atoms with van der Waals surface area (Å²) in [5.41, 5.74) is 2.08. The lowest BCUT2D eigenvalue weighted by molar-refractivity contribution is -0.113. The molecule has 0 bridgehead atoms. The van der Waals surface area contributed by atoms with Crippen molar-refractivity contribution in [2.24, 2.45) is 5.10 Å². The number of nitriles is 1. The standard InChI is InChI=1S/C20H28ClN3O2Si/c1-14-16(8-7-15(11-22)19(14)21)12-23-24-10-9-18(17(24)13-25)26-27(5,6)20(2,3)4/h7-8,12-13,17-18H,9-10H2,1-6H3/b23-12+/t17-,18+/m1/s1. The first-order chi connectivity index (χ1) is 12.5. The van der Waals surface area contributed by atoms with Crippen molar-refractivity contribution in [3.05, 3.63) is 33.8 Å². The van der Waals surface area contributed by atoms with Crippen LogP contribution in [0.3, 0.4) is 0 Å². The Morgan fingerprint density at radius 1 is 1.41 bits per heavy atom. The molecule has 0 amide bonds. The summed E-state index contributed by atoms with van der Waals surface area (Å²) in [5.74, 6) is 0. The van der Waals surface area contributed by atoms with E-state index in [1.54, 1.807) is 17.3 Å². The number of hydrogen-bond acceptors (Lipinski definition) is 5. The van der Waals surface area contributed by atoms with Gasteiger partial charge in [0.1, 0.15) is 18.4 Å². The Labute approximate surface area is 168 Å². The van der Waals surface area contributed by atoms with Gasteiger partial charge in [0.25, 0.3) is 0 Å². The van der Waals surface area contributed by atoms with Crippen LogP contribution in [0.2, 0.25) is 23.2 Å². The highest BCUT2D eigenvalue weighted by molar-refractivity contribution is 6.74. The van der Waals surface area contributed by atoms with E-state index in [0.29, 0.717) is 17.1 Å². The zero-order valence-corrected chi connectivity index (χ0v) is 18.7. The fourth-order valence-corrected chi connectivity index (χ4v) is 4.39. The fourth-order valence-electron chi connectivity index (χ4n) is 2.81. The predicted octanol–water partition coefficient (Wildman–Crippen LogP) is 4.52. The summed E-state index contributed by atoms with van der Waals surface area (Å²) < 4.78 is 6.46. The predicted molar refractivity (Wildman–Crippen MR) is 112 cm³/mol. The van der Waals surface area contributed by atoms with Crippen LogP contribution in [-0.4, -0.2) is 44.5 Å². The minimum atomic E-state index is -1.96. The van der Waals surface area contributed by atoms with Gasteiger partial charge in [0, 0.05) is 6.54 Å². The van der Waals surface area contributed by atoms with Crippen LogP contribution in [0.1, 0.15) is 43.9 Å². The van der Waals surface area contributed by atoms with Crippen molar-refractivity contribution < 1.29 is 9.22 Å². The van der Waals surface area contributed by atoms with E-state index in [1.807, 2.05) is 13.0 Å². The Morgan fingerprint density at radius 2 is 2.07 bits per heavy atom. The lowest BCUT2D eigenvalue weighted by atomic mass is 10.1. The normalized spacial score (nSPS) is 20.9. The van der Waals surface area contributed by atoms with Gasteiger partial charge in [-0.25, -0.2) is 0 Å². The minimum Gasteiger partial charge on any atom is -0.411 e. The SMILES string of the molecule is Cc1c(/C=N/N2CC[C@H](O[Si](C)(C)C(C)(C)C)[C@H]2C=O)ccc(C#N)c1Cl. The number of carbonyl (C=O) groups excluding carboxylic acids is 1. The third-order valence-corrected chi connectivity index (χ3v) is 10.6. The molecular formula is C20H28ClN3O2Si. The highest BCUT2D eigenvalue weighted by atomic mass is 35.5. The minimum absolute atomic E-state index is 0.0907. The molecule has 0 saturated carbocycles. The van der Waals surface area contributed by atoms with Crippen LogP contribution in [0.4, 0.5) is 0 Å². The molecule has 0 unspecified atom stereocenters. The number of aldehydes is 1. The summed E-state index contributed by atoms with van der Waals surface area (Å²) in [6.07, 6.45) is 3.28. The summed E-state index contributed by atoms with van der Waals surface area (Å²) in [7, 11) is -1.96. The number of halogens is 1. The van der Waals surface area contributed by atoms with Crippen LogP contribution in [0.25, 0.3) is 0 Å². The van der Waals surface area contributed by atoms with E-state index in [4.69, 9.17) is 21.3 Å². The largest absolute Gasteiger partial charge is 0.411 e. The third kappa shape index (κ3) is 4.60. The van der Waals surface area contributed by atoms with Gasteiger partial charge in [0.05, 0.1) is 22.9 Å². The van der Waals surface area contributed by atoms with E-state index in [2.05, 4.69) is 45.0 Å². The second-order valence-electron chi connectivity index (χ2n) is 8.49. The molecule has 0 N–H and O–H groups in total. The van der Waals surface area contributed by atoms with Crippen LogP contribution < -0.4 is 0 Å². The molecule has 2 atom stereocenters. The summed E-state index contributed by atoms with van der Waals surface area (Å²) in [6.45, 7) is 13.5. The second-order valence-corrected chi connectivity index (χ2v) is 13.6. The van der Waals surface area contributed by atoms with Gasteiger partial charge in [-0.3, -0.25) is 5.01 Å². The molecule has 146 valence electrons.